The summed E-state index contributed by atoms with van der Waals surface area (Å²) < 4.78 is 2.38. The van der Waals surface area contributed by atoms with Crippen molar-refractivity contribution < 1.29 is 0 Å². The third-order valence-corrected chi connectivity index (χ3v) is 4.56. The van der Waals surface area contributed by atoms with Gasteiger partial charge >= 0.3 is 0 Å². The average Bonchev–Trinajstić information content (AvgIpc) is 2.06. The van der Waals surface area contributed by atoms with Gasteiger partial charge in [-0.1, -0.05) is 11.7 Å². The monoisotopic (exact) mass is 218 g/mol. The normalized spacial score (nSPS) is 36.0. The van der Waals surface area contributed by atoms with Crippen LogP contribution in [-0.4, -0.2) is 40.9 Å². The van der Waals surface area contributed by atoms with Crippen LogP contribution in [0.1, 0.15) is 20.3 Å². The molecule has 2 saturated heterocycles. The van der Waals surface area contributed by atoms with E-state index in [1.807, 2.05) is 0 Å². The number of rotatable bonds is 2. The SMILES string of the molecule is CC(C)N1CC2CN(SS)CCC21. The van der Waals surface area contributed by atoms with Crippen molar-refractivity contribution in [2.45, 2.75) is 32.4 Å². The van der Waals surface area contributed by atoms with Gasteiger partial charge in [0.05, 0.1) is 0 Å². The van der Waals surface area contributed by atoms with Gasteiger partial charge in [0.2, 0.25) is 0 Å². The molecule has 2 unspecified atom stereocenters. The van der Waals surface area contributed by atoms with E-state index in [1.165, 1.54) is 26.1 Å². The van der Waals surface area contributed by atoms with Crippen molar-refractivity contribution in [3.8, 4) is 0 Å². The van der Waals surface area contributed by atoms with Crippen molar-refractivity contribution in [3.63, 3.8) is 0 Å². The Bertz CT molecular complexity index is 186. The van der Waals surface area contributed by atoms with Crippen LogP contribution in [0.25, 0.3) is 0 Å². The van der Waals surface area contributed by atoms with E-state index in [2.05, 4.69) is 34.7 Å². The molecule has 0 N–H and O–H groups in total. The van der Waals surface area contributed by atoms with Crippen molar-refractivity contribution in [3.05, 3.63) is 0 Å². The summed E-state index contributed by atoms with van der Waals surface area (Å²) in [6.45, 7) is 8.35. The van der Waals surface area contributed by atoms with Crippen LogP contribution < -0.4 is 0 Å². The molecule has 0 bridgehead atoms. The van der Waals surface area contributed by atoms with Crippen LogP contribution in [0, 0.1) is 5.92 Å². The van der Waals surface area contributed by atoms with Gasteiger partial charge in [0.15, 0.2) is 0 Å². The lowest BCUT2D eigenvalue weighted by atomic mass is 9.82. The van der Waals surface area contributed by atoms with Crippen LogP contribution in [-0.2, 0) is 0 Å². The van der Waals surface area contributed by atoms with Crippen molar-refractivity contribution in [2.75, 3.05) is 19.6 Å². The van der Waals surface area contributed by atoms with Crippen molar-refractivity contribution >= 4 is 22.6 Å². The molecule has 2 nitrogen and oxygen atoms in total. The maximum atomic E-state index is 4.25. The smallest absolute Gasteiger partial charge is 0.0164 e. The summed E-state index contributed by atoms with van der Waals surface area (Å²) in [6.07, 6.45) is 1.33. The second kappa shape index (κ2) is 4.01. The van der Waals surface area contributed by atoms with Gasteiger partial charge in [-0.15, -0.1) is 0 Å². The molecule has 0 aromatic carbocycles. The van der Waals surface area contributed by atoms with Gasteiger partial charge in [-0.25, -0.2) is 4.31 Å². The van der Waals surface area contributed by atoms with E-state index in [-0.39, 0.29) is 0 Å². The molecule has 4 heteroatoms. The summed E-state index contributed by atoms with van der Waals surface area (Å²) in [7, 11) is 1.60. The van der Waals surface area contributed by atoms with E-state index in [0.29, 0.717) is 0 Å². The summed E-state index contributed by atoms with van der Waals surface area (Å²) >= 11 is 4.25. The van der Waals surface area contributed by atoms with Gasteiger partial charge in [0.25, 0.3) is 0 Å². The molecule has 2 aliphatic heterocycles. The molecule has 13 heavy (non-hydrogen) atoms. The van der Waals surface area contributed by atoms with Crippen LogP contribution in [0.5, 0.6) is 0 Å². The minimum absolute atomic E-state index is 0.733. The van der Waals surface area contributed by atoms with Gasteiger partial charge in [-0.2, -0.15) is 0 Å². The van der Waals surface area contributed by atoms with Crippen molar-refractivity contribution in [1.82, 2.24) is 9.21 Å². The average molecular weight is 218 g/mol. The number of thiol groups is 1. The quantitative estimate of drug-likeness (QED) is 0.430. The lowest BCUT2D eigenvalue weighted by Crippen LogP contribution is -2.64. The van der Waals surface area contributed by atoms with E-state index in [4.69, 9.17) is 0 Å². The fraction of sp³-hybridized carbons (Fsp3) is 1.00. The topological polar surface area (TPSA) is 6.48 Å². The molecule has 2 aliphatic rings. The molecular weight excluding hydrogens is 200 g/mol. The molecular formula is C9H18N2S2. The molecule has 76 valence electrons. The molecule has 2 atom stereocenters. The fourth-order valence-corrected chi connectivity index (χ4v) is 3.43. The largest absolute Gasteiger partial charge is 0.297 e. The Morgan fingerprint density at radius 2 is 2.15 bits per heavy atom. The Balaban J connectivity index is 1.86. The standard InChI is InChI=1S/C9H18N2S2/c1-7(2)11-6-8-5-10(13-12)4-3-9(8)11/h7-9,12H,3-6H2,1-2H3. The molecule has 0 aromatic rings. The number of likely N-dealkylation sites (tertiary alicyclic amines) is 1. The molecule has 2 rings (SSSR count). The van der Waals surface area contributed by atoms with E-state index in [1.54, 1.807) is 11.0 Å². The zero-order chi connectivity index (χ0) is 9.42. The van der Waals surface area contributed by atoms with Crippen LogP contribution in [0.2, 0.25) is 0 Å². The Labute approximate surface area is 90.0 Å². The first-order valence-electron chi connectivity index (χ1n) is 5.04. The predicted octanol–water partition coefficient (Wildman–Crippen LogP) is 1.89. The number of hydrogen-bond donors (Lipinski definition) is 1. The fourth-order valence-electron chi connectivity index (χ4n) is 2.54. The summed E-state index contributed by atoms with van der Waals surface area (Å²) in [4.78, 5) is 2.63. The Hall–Kier alpha value is 0.620. The summed E-state index contributed by atoms with van der Waals surface area (Å²) in [5, 5.41) is 0. The van der Waals surface area contributed by atoms with E-state index >= 15 is 0 Å². The Morgan fingerprint density at radius 1 is 1.38 bits per heavy atom. The second-order valence-electron chi connectivity index (χ2n) is 4.38. The third kappa shape index (κ3) is 1.87. The maximum absolute atomic E-state index is 4.25. The first-order valence-corrected chi connectivity index (χ1v) is 6.87. The van der Waals surface area contributed by atoms with E-state index in [0.717, 1.165) is 18.0 Å². The molecule has 0 aliphatic carbocycles. The van der Waals surface area contributed by atoms with Crippen molar-refractivity contribution in [2.24, 2.45) is 5.92 Å². The molecule has 2 fully saturated rings. The minimum atomic E-state index is 0.733. The predicted molar refractivity (Wildman–Crippen MR) is 61.9 cm³/mol. The third-order valence-electron chi connectivity index (χ3n) is 3.31. The van der Waals surface area contributed by atoms with Crippen LogP contribution in [0.4, 0.5) is 0 Å². The lowest BCUT2D eigenvalue weighted by Gasteiger charge is -2.54. The van der Waals surface area contributed by atoms with Gasteiger partial charge in [0, 0.05) is 37.6 Å². The molecule has 0 aromatic heterocycles. The Morgan fingerprint density at radius 3 is 2.69 bits per heavy atom. The highest BCUT2D eigenvalue weighted by Gasteiger charge is 2.43. The highest BCUT2D eigenvalue weighted by Crippen LogP contribution is 2.36. The van der Waals surface area contributed by atoms with Gasteiger partial charge in [-0.3, -0.25) is 4.90 Å². The molecule has 0 saturated carbocycles. The van der Waals surface area contributed by atoms with Crippen LogP contribution >= 0.6 is 22.6 Å². The zero-order valence-electron chi connectivity index (χ0n) is 8.31. The van der Waals surface area contributed by atoms with Crippen LogP contribution in [0.15, 0.2) is 0 Å². The number of nitrogens with zero attached hydrogens (tertiary/aromatic N) is 2. The van der Waals surface area contributed by atoms with E-state index in [9.17, 15) is 0 Å². The van der Waals surface area contributed by atoms with Gasteiger partial charge in [0.1, 0.15) is 0 Å². The second-order valence-corrected chi connectivity index (χ2v) is 5.55. The highest BCUT2D eigenvalue weighted by atomic mass is 33.1. The first-order chi connectivity index (χ1) is 6.22. The molecule has 0 amide bonds. The summed E-state index contributed by atoms with van der Waals surface area (Å²) in [5.41, 5.74) is 0. The number of fused-ring (bicyclic) bond motifs is 1. The van der Waals surface area contributed by atoms with E-state index < -0.39 is 0 Å². The zero-order valence-corrected chi connectivity index (χ0v) is 10.0. The molecule has 0 spiro atoms. The maximum Gasteiger partial charge on any atom is 0.0164 e. The molecule has 2 heterocycles. The van der Waals surface area contributed by atoms with Gasteiger partial charge in [-0.05, 0) is 31.2 Å². The number of hydrogen-bond acceptors (Lipinski definition) is 4. The summed E-state index contributed by atoms with van der Waals surface area (Å²) in [6, 6.07) is 1.60. The Kier molecular flexibility index (Phi) is 3.13. The first kappa shape index (κ1) is 10.1. The van der Waals surface area contributed by atoms with Crippen molar-refractivity contribution in [1.29, 1.82) is 0 Å². The highest BCUT2D eigenvalue weighted by molar-refractivity contribution is 8.67. The van der Waals surface area contributed by atoms with Crippen LogP contribution in [0.3, 0.4) is 0 Å². The van der Waals surface area contributed by atoms with Gasteiger partial charge < -0.3 is 0 Å². The summed E-state index contributed by atoms with van der Waals surface area (Å²) in [5.74, 6) is 0.913. The molecule has 0 radical (unpaired) electrons. The number of piperidine rings is 1. The lowest BCUT2D eigenvalue weighted by molar-refractivity contribution is -0.0435. The minimum Gasteiger partial charge on any atom is -0.297 e.